The summed E-state index contributed by atoms with van der Waals surface area (Å²) < 4.78 is 5.38. The largest absolute Gasteiger partial charge is 0.465 e. The van der Waals surface area contributed by atoms with Crippen molar-refractivity contribution < 1.29 is 9.53 Å². The molecule has 1 aliphatic rings. The molecule has 0 saturated carbocycles. The fourth-order valence-electron chi connectivity index (χ4n) is 3.25. The number of ether oxygens (including phenoxy) is 1. The summed E-state index contributed by atoms with van der Waals surface area (Å²) in [5.41, 5.74) is 1.21. The topological polar surface area (TPSA) is 29.5 Å². The molecule has 0 bridgehead atoms. The summed E-state index contributed by atoms with van der Waals surface area (Å²) in [6, 6.07) is 20.5. The van der Waals surface area contributed by atoms with Gasteiger partial charge < -0.3 is 4.74 Å². The zero-order valence-electron chi connectivity index (χ0n) is 15.3. The summed E-state index contributed by atoms with van der Waals surface area (Å²) >= 11 is 1.74. The van der Waals surface area contributed by atoms with E-state index in [0.717, 1.165) is 6.54 Å². The van der Waals surface area contributed by atoms with Gasteiger partial charge in [-0.25, -0.2) is 0 Å². The van der Waals surface area contributed by atoms with Gasteiger partial charge in [0, 0.05) is 23.9 Å². The second-order valence-corrected chi connectivity index (χ2v) is 7.62. The lowest BCUT2D eigenvalue weighted by Crippen LogP contribution is -2.48. The molecule has 0 saturated heterocycles. The van der Waals surface area contributed by atoms with E-state index in [-0.39, 0.29) is 18.1 Å². The van der Waals surface area contributed by atoms with Crippen molar-refractivity contribution in [3.63, 3.8) is 0 Å². The molecule has 0 radical (unpaired) electrons. The molecule has 2 aromatic carbocycles. The monoisotopic (exact) mass is 367 g/mol. The Hall–Kier alpha value is -2.04. The number of carbonyl (C=O) groups excluding carboxylic acids is 1. The molecule has 0 aromatic heterocycles. The molecular formula is C22H25NO2S. The van der Waals surface area contributed by atoms with E-state index in [1.165, 1.54) is 15.4 Å². The molecule has 2 atom stereocenters. The van der Waals surface area contributed by atoms with Crippen LogP contribution in [0.1, 0.15) is 25.8 Å². The summed E-state index contributed by atoms with van der Waals surface area (Å²) in [5, 5.41) is 0. The first kappa shape index (κ1) is 18.7. The minimum Gasteiger partial charge on any atom is -0.465 e. The number of benzene rings is 2. The van der Waals surface area contributed by atoms with E-state index in [1.54, 1.807) is 11.8 Å². The fraction of sp³-hybridized carbons (Fsp3) is 0.318. The minimum absolute atomic E-state index is 0.130. The lowest BCUT2D eigenvalue weighted by atomic mass is 10.0. The van der Waals surface area contributed by atoms with Crippen LogP contribution in [-0.2, 0) is 16.1 Å². The second-order valence-electron chi connectivity index (χ2n) is 6.42. The maximum atomic E-state index is 12.6. The van der Waals surface area contributed by atoms with E-state index < -0.39 is 0 Å². The number of thioether (sulfide) groups is 1. The predicted octanol–water partition coefficient (Wildman–Crippen LogP) is 4.89. The predicted molar refractivity (Wildman–Crippen MR) is 107 cm³/mol. The van der Waals surface area contributed by atoms with Crippen LogP contribution in [0.15, 0.2) is 76.5 Å². The second kappa shape index (κ2) is 9.06. The molecule has 0 spiro atoms. The van der Waals surface area contributed by atoms with Crippen LogP contribution in [0.25, 0.3) is 0 Å². The quantitative estimate of drug-likeness (QED) is 0.680. The SMILES string of the molecule is CCOC(=O)[C@@H]1CC(Sc2ccccc2)=C[C@H](C)N1Cc1ccccc1. The van der Waals surface area contributed by atoms with Crippen LogP contribution in [0.5, 0.6) is 0 Å². The number of carbonyl (C=O) groups is 1. The van der Waals surface area contributed by atoms with Crippen LogP contribution < -0.4 is 0 Å². The molecule has 0 amide bonds. The van der Waals surface area contributed by atoms with Crippen LogP contribution >= 0.6 is 11.8 Å². The highest BCUT2D eigenvalue weighted by Crippen LogP contribution is 2.36. The fourth-order valence-corrected chi connectivity index (χ4v) is 4.35. The van der Waals surface area contributed by atoms with Crippen LogP contribution in [0, 0.1) is 0 Å². The normalized spacial score (nSPS) is 20.5. The van der Waals surface area contributed by atoms with Gasteiger partial charge in [-0.2, -0.15) is 0 Å². The molecule has 0 unspecified atom stereocenters. The molecule has 0 fully saturated rings. The van der Waals surface area contributed by atoms with Gasteiger partial charge in [0.05, 0.1) is 6.61 Å². The number of hydrogen-bond donors (Lipinski definition) is 0. The van der Waals surface area contributed by atoms with E-state index in [9.17, 15) is 4.79 Å². The molecule has 1 aliphatic heterocycles. The van der Waals surface area contributed by atoms with Crippen LogP contribution in [-0.4, -0.2) is 29.6 Å². The van der Waals surface area contributed by atoms with Crippen molar-refractivity contribution in [3.8, 4) is 0 Å². The first-order valence-corrected chi connectivity index (χ1v) is 9.89. The molecule has 0 aliphatic carbocycles. The van der Waals surface area contributed by atoms with Gasteiger partial charge in [-0.05, 0) is 36.4 Å². The van der Waals surface area contributed by atoms with Gasteiger partial charge in [-0.15, -0.1) is 0 Å². The Kier molecular flexibility index (Phi) is 6.53. The summed E-state index contributed by atoms with van der Waals surface area (Å²) in [6.07, 6.45) is 2.96. The zero-order valence-corrected chi connectivity index (χ0v) is 16.1. The number of esters is 1. The van der Waals surface area contributed by atoms with Crippen molar-refractivity contribution in [3.05, 3.63) is 77.2 Å². The summed E-state index contributed by atoms with van der Waals surface area (Å²) in [7, 11) is 0. The molecule has 1 heterocycles. The Labute approximate surface area is 160 Å². The van der Waals surface area contributed by atoms with Gasteiger partial charge in [0.15, 0.2) is 0 Å². The average molecular weight is 368 g/mol. The van der Waals surface area contributed by atoms with E-state index in [0.29, 0.717) is 13.0 Å². The summed E-state index contributed by atoms with van der Waals surface area (Å²) in [6.45, 7) is 5.17. The molecule has 0 N–H and O–H groups in total. The molecule has 3 rings (SSSR count). The van der Waals surface area contributed by atoms with Crippen LogP contribution in [0.2, 0.25) is 0 Å². The van der Waals surface area contributed by atoms with Gasteiger partial charge in [-0.1, -0.05) is 66.4 Å². The van der Waals surface area contributed by atoms with E-state index in [4.69, 9.17) is 4.74 Å². The lowest BCUT2D eigenvalue weighted by Gasteiger charge is -2.38. The Bertz CT molecular complexity index is 745. The standard InChI is InChI=1S/C22H25NO2S/c1-3-25-22(24)21-15-20(26-19-12-8-5-9-13-19)14-17(2)23(21)16-18-10-6-4-7-11-18/h4-14,17,21H,3,15-16H2,1-2H3/t17-,21-/m0/s1. The summed E-state index contributed by atoms with van der Waals surface area (Å²) in [5.74, 6) is -0.130. The molecule has 2 aromatic rings. The minimum atomic E-state index is -0.249. The number of rotatable bonds is 6. The highest BCUT2D eigenvalue weighted by molar-refractivity contribution is 8.03. The van der Waals surface area contributed by atoms with Crippen LogP contribution in [0.3, 0.4) is 0 Å². The molecule has 26 heavy (non-hydrogen) atoms. The molecule has 4 heteroatoms. The number of nitrogens with zero attached hydrogens (tertiary/aromatic N) is 1. The first-order chi connectivity index (χ1) is 12.7. The van der Waals surface area contributed by atoms with Crippen molar-refractivity contribution in [2.75, 3.05) is 6.61 Å². The highest BCUT2D eigenvalue weighted by atomic mass is 32.2. The van der Waals surface area contributed by atoms with Gasteiger partial charge in [-0.3, -0.25) is 9.69 Å². The smallest absolute Gasteiger partial charge is 0.323 e. The third-order valence-corrected chi connectivity index (χ3v) is 5.58. The maximum absolute atomic E-state index is 12.6. The zero-order chi connectivity index (χ0) is 18.4. The number of hydrogen-bond acceptors (Lipinski definition) is 4. The maximum Gasteiger partial charge on any atom is 0.323 e. The van der Waals surface area contributed by atoms with Gasteiger partial charge >= 0.3 is 5.97 Å². The van der Waals surface area contributed by atoms with Crippen LogP contribution in [0.4, 0.5) is 0 Å². The van der Waals surface area contributed by atoms with Crippen molar-refractivity contribution in [2.45, 2.75) is 43.8 Å². The van der Waals surface area contributed by atoms with Crippen molar-refractivity contribution in [2.24, 2.45) is 0 Å². The Balaban J connectivity index is 1.81. The average Bonchev–Trinajstić information content (AvgIpc) is 2.65. The van der Waals surface area contributed by atoms with Crippen molar-refractivity contribution >= 4 is 17.7 Å². The first-order valence-electron chi connectivity index (χ1n) is 9.07. The van der Waals surface area contributed by atoms with E-state index in [2.05, 4.69) is 42.2 Å². The third-order valence-electron chi connectivity index (χ3n) is 4.50. The van der Waals surface area contributed by atoms with Crippen molar-refractivity contribution in [1.29, 1.82) is 0 Å². The van der Waals surface area contributed by atoms with Crippen molar-refractivity contribution in [1.82, 2.24) is 4.90 Å². The van der Waals surface area contributed by atoms with E-state index in [1.807, 2.05) is 43.3 Å². The molecular weight excluding hydrogens is 342 g/mol. The lowest BCUT2D eigenvalue weighted by molar-refractivity contribution is -0.150. The Morgan fingerprint density at radius 2 is 1.77 bits per heavy atom. The van der Waals surface area contributed by atoms with E-state index >= 15 is 0 Å². The van der Waals surface area contributed by atoms with Gasteiger partial charge in [0.25, 0.3) is 0 Å². The molecule has 136 valence electrons. The van der Waals surface area contributed by atoms with Gasteiger partial charge in [0.2, 0.25) is 0 Å². The summed E-state index contributed by atoms with van der Waals surface area (Å²) in [4.78, 5) is 17.3. The van der Waals surface area contributed by atoms with Gasteiger partial charge in [0.1, 0.15) is 6.04 Å². The Morgan fingerprint density at radius 1 is 1.12 bits per heavy atom. The molecule has 3 nitrogen and oxygen atoms in total. The highest BCUT2D eigenvalue weighted by Gasteiger charge is 2.34. The third kappa shape index (κ3) is 4.77. The Morgan fingerprint density at radius 3 is 2.42 bits per heavy atom.